The van der Waals surface area contributed by atoms with Crippen LogP contribution in [-0.4, -0.2) is 42.9 Å². The third-order valence-corrected chi connectivity index (χ3v) is 6.24. The second-order valence-corrected chi connectivity index (χ2v) is 8.48. The van der Waals surface area contributed by atoms with Gasteiger partial charge in [-0.1, -0.05) is 66.7 Å². The van der Waals surface area contributed by atoms with E-state index in [1.165, 1.54) is 0 Å². The summed E-state index contributed by atoms with van der Waals surface area (Å²) in [6.07, 6.45) is 1.69. The predicted octanol–water partition coefficient (Wildman–Crippen LogP) is 4.36. The Hall–Kier alpha value is -3.44. The maximum atomic E-state index is 13.2. The fraction of sp³-hybridized carbons (Fsp3) is 0.286. The molecule has 33 heavy (non-hydrogen) atoms. The molecule has 0 aromatic heterocycles. The van der Waals surface area contributed by atoms with E-state index in [2.05, 4.69) is 10.2 Å². The molecule has 0 unspecified atom stereocenters. The maximum Gasteiger partial charge on any atom is 0.258 e. The van der Waals surface area contributed by atoms with Gasteiger partial charge in [0.2, 0.25) is 5.91 Å². The molecule has 3 aromatic carbocycles. The molecular weight excluding hydrogens is 410 g/mol. The zero-order chi connectivity index (χ0) is 22.9. The van der Waals surface area contributed by atoms with Crippen molar-refractivity contribution in [3.05, 3.63) is 102 Å². The van der Waals surface area contributed by atoms with E-state index in [-0.39, 0.29) is 17.7 Å². The number of hydrogen-bond acceptors (Lipinski definition) is 3. The zero-order valence-electron chi connectivity index (χ0n) is 18.9. The number of anilines is 1. The highest BCUT2D eigenvalue weighted by Crippen LogP contribution is 2.20. The first-order valence-electron chi connectivity index (χ1n) is 11.7. The Labute approximate surface area is 196 Å². The quantitative estimate of drug-likeness (QED) is 0.565. The fourth-order valence-corrected chi connectivity index (χ4v) is 4.28. The number of para-hydroxylation sites is 1. The van der Waals surface area contributed by atoms with Crippen LogP contribution in [0, 0.1) is 5.92 Å². The number of carbonyl (C=O) groups excluding carboxylic acids is 2. The number of benzene rings is 3. The number of piperidine rings is 1. The first kappa shape index (κ1) is 22.7. The average Bonchev–Trinajstić information content (AvgIpc) is 2.89. The standard InChI is InChI=1S/C28H31N3O2/c32-27(29-22-23-10-4-1-5-11-23)24-16-18-30(19-17-24)20-21-31(26-14-8-3-9-15-26)28(33)25-12-6-2-7-13-25/h1-15,24H,16-22H2,(H,29,32). The second-order valence-electron chi connectivity index (χ2n) is 8.48. The summed E-state index contributed by atoms with van der Waals surface area (Å²) in [4.78, 5) is 30.0. The van der Waals surface area contributed by atoms with Crippen LogP contribution in [0.5, 0.6) is 0 Å². The van der Waals surface area contributed by atoms with Gasteiger partial charge in [0.15, 0.2) is 0 Å². The highest BCUT2D eigenvalue weighted by atomic mass is 16.2. The van der Waals surface area contributed by atoms with E-state index in [0.717, 1.165) is 43.7 Å². The summed E-state index contributed by atoms with van der Waals surface area (Å²) in [7, 11) is 0. The number of nitrogens with zero attached hydrogens (tertiary/aromatic N) is 2. The fourth-order valence-electron chi connectivity index (χ4n) is 4.28. The lowest BCUT2D eigenvalue weighted by atomic mass is 9.96. The number of carbonyl (C=O) groups is 2. The molecule has 5 heteroatoms. The second kappa shape index (κ2) is 11.4. The number of rotatable bonds is 8. The topological polar surface area (TPSA) is 52.7 Å². The molecule has 1 aliphatic rings. The average molecular weight is 442 g/mol. The summed E-state index contributed by atoms with van der Waals surface area (Å²) in [6.45, 7) is 3.71. The maximum absolute atomic E-state index is 13.2. The highest BCUT2D eigenvalue weighted by Gasteiger charge is 2.26. The van der Waals surface area contributed by atoms with Crippen molar-refractivity contribution in [3.8, 4) is 0 Å². The third kappa shape index (κ3) is 6.30. The van der Waals surface area contributed by atoms with Crippen molar-refractivity contribution in [2.75, 3.05) is 31.1 Å². The predicted molar refractivity (Wildman–Crippen MR) is 132 cm³/mol. The van der Waals surface area contributed by atoms with Crippen LogP contribution in [0.2, 0.25) is 0 Å². The zero-order valence-corrected chi connectivity index (χ0v) is 18.9. The van der Waals surface area contributed by atoms with Crippen LogP contribution in [-0.2, 0) is 11.3 Å². The summed E-state index contributed by atoms with van der Waals surface area (Å²) in [5.74, 6) is 0.210. The molecular formula is C28H31N3O2. The van der Waals surface area contributed by atoms with Gasteiger partial charge in [-0.15, -0.1) is 0 Å². The van der Waals surface area contributed by atoms with Gasteiger partial charge in [-0.2, -0.15) is 0 Å². The first-order valence-corrected chi connectivity index (χ1v) is 11.7. The monoisotopic (exact) mass is 441 g/mol. The Balaban J connectivity index is 1.29. The van der Waals surface area contributed by atoms with Crippen molar-refractivity contribution >= 4 is 17.5 Å². The number of hydrogen-bond donors (Lipinski definition) is 1. The molecule has 1 N–H and O–H groups in total. The third-order valence-electron chi connectivity index (χ3n) is 6.24. The van der Waals surface area contributed by atoms with E-state index in [1.54, 1.807) is 0 Å². The molecule has 1 saturated heterocycles. The molecule has 1 heterocycles. The van der Waals surface area contributed by atoms with E-state index in [1.807, 2.05) is 95.9 Å². The van der Waals surface area contributed by atoms with Crippen LogP contribution in [0.4, 0.5) is 5.69 Å². The SMILES string of the molecule is O=C(NCc1ccccc1)C1CCN(CCN(C(=O)c2ccccc2)c2ccccc2)CC1. The minimum Gasteiger partial charge on any atom is -0.352 e. The van der Waals surface area contributed by atoms with Gasteiger partial charge >= 0.3 is 0 Å². The summed E-state index contributed by atoms with van der Waals surface area (Å²) < 4.78 is 0. The molecule has 0 radical (unpaired) electrons. The smallest absolute Gasteiger partial charge is 0.258 e. The van der Waals surface area contributed by atoms with E-state index < -0.39 is 0 Å². The van der Waals surface area contributed by atoms with Gasteiger partial charge in [-0.3, -0.25) is 9.59 Å². The van der Waals surface area contributed by atoms with Crippen LogP contribution in [0.3, 0.4) is 0 Å². The summed E-state index contributed by atoms with van der Waals surface area (Å²) in [6, 6.07) is 29.3. The van der Waals surface area contributed by atoms with Gasteiger partial charge in [0, 0.05) is 36.8 Å². The van der Waals surface area contributed by atoms with Gasteiger partial charge in [0.1, 0.15) is 0 Å². The van der Waals surface area contributed by atoms with Crippen molar-refractivity contribution < 1.29 is 9.59 Å². The molecule has 5 nitrogen and oxygen atoms in total. The summed E-state index contributed by atoms with van der Waals surface area (Å²) >= 11 is 0. The molecule has 0 aliphatic carbocycles. The normalized spacial score (nSPS) is 14.5. The molecule has 0 spiro atoms. The van der Waals surface area contributed by atoms with E-state index >= 15 is 0 Å². The lowest BCUT2D eigenvalue weighted by Gasteiger charge is -2.33. The molecule has 170 valence electrons. The van der Waals surface area contributed by atoms with E-state index in [0.29, 0.717) is 18.7 Å². The van der Waals surface area contributed by atoms with Crippen LogP contribution < -0.4 is 10.2 Å². The molecule has 3 aromatic rings. The van der Waals surface area contributed by atoms with Crippen LogP contribution in [0.15, 0.2) is 91.0 Å². The first-order chi connectivity index (χ1) is 16.2. The lowest BCUT2D eigenvalue weighted by Crippen LogP contribution is -2.44. The van der Waals surface area contributed by atoms with Crippen molar-refractivity contribution in [1.29, 1.82) is 0 Å². The number of amides is 2. The van der Waals surface area contributed by atoms with Gasteiger partial charge in [-0.25, -0.2) is 0 Å². The van der Waals surface area contributed by atoms with Crippen molar-refractivity contribution in [3.63, 3.8) is 0 Å². The Kier molecular flexibility index (Phi) is 7.88. The largest absolute Gasteiger partial charge is 0.352 e. The van der Waals surface area contributed by atoms with Crippen molar-refractivity contribution in [1.82, 2.24) is 10.2 Å². The minimum absolute atomic E-state index is 0.0111. The minimum atomic E-state index is 0.0111. The van der Waals surface area contributed by atoms with Crippen molar-refractivity contribution in [2.24, 2.45) is 5.92 Å². The molecule has 0 bridgehead atoms. The van der Waals surface area contributed by atoms with Crippen molar-refractivity contribution in [2.45, 2.75) is 19.4 Å². The molecule has 4 rings (SSSR count). The molecule has 1 aliphatic heterocycles. The van der Waals surface area contributed by atoms with Gasteiger partial charge < -0.3 is 15.1 Å². The highest BCUT2D eigenvalue weighted by molar-refractivity contribution is 6.06. The van der Waals surface area contributed by atoms with Gasteiger partial charge in [0.25, 0.3) is 5.91 Å². The van der Waals surface area contributed by atoms with Crippen LogP contribution >= 0.6 is 0 Å². The molecule has 0 saturated carbocycles. The van der Waals surface area contributed by atoms with Gasteiger partial charge in [-0.05, 0) is 55.8 Å². The van der Waals surface area contributed by atoms with Crippen LogP contribution in [0.1, 0.15) is 28.8 Å². The molecule has 2 amide bonds. The van der Waals surface area contributed by atoms with E-state index in [9.17, 15) is 9.59 Å². The lowest BCUT2D eigenvalue weighted by molar-refractivity contribution is -0.126. The van der Waals surface area contributed by atoms with Crippen LogP contribution in [0.25, 0.3) is 0 Å². The Bertz CT molecular complexity index is 1020. The Morgan fingerprint density at radius 2 is 1.39 bits per heavy atom. The number of nitrogens with one attached hydrogen (secondary N) is 1. The molecule has 1 fully saturated rings. The number of likely N-dealkylation sites (tertiary alicyclic amines) is 1. The van der Waals surface area contributed by atoms with Gasteiger partial charge in [0.05, 0.1) is 0 Å². The Morgan fingerprint density at radius 1 is 0.818 bits per heavy atom. The molecule has 0 atom stereocenters. The Morgan fingerprint density at radius 3 is 2.03 bits per heavy atom. The van der Waals surface area contributed by atoms with E-state index in [4.69, 9.17) is 0 Å². The summed E-state index contributed by atoms with van der Waals surface area (Å²) in [5.41, 5.74) is 2.71. The summed E-state index contributed by atoms with van der Waals surface area (Å²) in [5, 5.41) is 3.08.